The quantitative estimate of drug-likeness (QED) is 0.219. The molecule has 1 N–H and O–H groups in total. The monoisotopic (exact) mass is 572 g/mol. The van der Waals surface area contributed by atoms with Crippen LogP contribution in [0.3, 0.4) is 0 Å². The maximum absolute atomic E-state index is 12.8. The lowest BCUT2D eigenvalue weighted by atomic mass is 10.1. The molecule has 0 aliphatic rings. The standard InChI is InChI=1S/C27H23BrCl2N2O3/c1-4-34-25-11-19(10-20(14-31)27(33)32-22-8-5-16(2)17(3)9-22)23(28)13-26(25)35-15-18-6-7-21(29)12-24(18)30/h5-13H,4,15H2,1-3H3,(H,32,33)/b20-10+. The van der Waals surface area contributed by atoms with E-state index in [9.17, 15) is 10.1 Å². The summed E-state index contributed by atoms with van der Waals surface area (Å²) in [6.45, 7) is 6.42. The normalized spacial score (nSPS) is 11.1. The van der Waals surface area contributed by atoms with Gasteiger partial charge in [-0.1, -0.05) is 51.3 Å². The van der Waals surface area contributed by atoms with Gasteiger partial charge < -0.3 is 14.8 Å². The van der Waals surface area contributed by atoms with Crippen LogP contribution in [0.15, 0.2) is 58.6 Å². The molecule has 0 spiro atoms. The van der Waals surface area contributed by atoms with Gasteiger partial charge in [-0.15, -0.1) is 0 Å². The molecule has 0 atom stereocenters. The first kappa shape index (κ1) is 26.6. The Balaban J connectivity index is 1.86. The van der Waals surface area contributed by atoms with Crippen molar-refractivity contribution in [1.29, 1.82) is 5.26 Å². The van der Waals surface area contributed by atoms with E-state index in [1.807, 2.05) is 39.0 Å². The Morgan fingerprint density at radius 3 is 2.46 bits per heavy atom. The van der Waals surface area contributed by atoms with Crippen LogP contribution in [0.4, 0.5) is 5.69 Å². The summed E-state index contributed by atoms with van der Waals surface area (Å²) in [5, 5.41) is 13.5. The van der Waals surface area contributed by atoms with Crippen molar-refractivity contribution in [3.63, 3.8) is 0 Å². The van der Waals surface area contributed by atoms with E-state index in [-0.39, 0.29) is 12.2 Å². The topological polar surface area (TPSA) is 71.3 Å². The molecule has 0 radical (unpaired) electrons. The number of benzene rings is 3. The molecule has 0 fully saturated rings. The molecule has 180 valence electrons. The fourth-order valence-electron chi connectivity index (χ4n) is 3.16. The molecule has 3 aromatic carbocycles. The van der Waals surface area contributed by atoms with E-state index in [1.54, 1.807) is 36.4 Å². The van der Waals surface area contributed by atoms with Crippen molar-refractivity contribution in [3.8, 4) is 17.6 Å². The van der Waals surface area contributed by atoms with Gasteiger partial charge in [0.15, 0.2) is 11.5 Å². The lowest BCUT2D eigenvalue weighted by molar-refractivity contribution is -0.112. The number of carbonyl (C=O) groups is 1. The van der Waals surface area contributed by atoms with E-state index < -0.39 is 5.91 Å². The highest BCUT2D eigenvalue weighted by atomic mass is 79.9. The number of nitrogens with one attached hydrogen (secondary N) is 1. The van der Waals surface area contributed by atoms with Crippen molar-refractivity contribution < 1.29 is 14.3 Å². The van der Waals surface area contributed by atoms with Crippen LogP contribution < -0.4 is 14.8 Å². The number of nitrogens with zero attached hydrogens (tertiary/aromatic N) is 1. The van der Waals surface area contributed by atoms with E-state index in [0.717, 1.165) is 16.7 Å². The van der Waals surface area contributed by atoms with Crippen LogP contribution in [0.25, 0.3) is 6.08 Å². The van der Waals surface area contributed by atoms with Crippen molar-refractivity contribution in [1.82, 2.24) is 0 Å². The Morgan fingerprint density at radius 1 is 1.06 bits per heavy atom. The molecule has 3 aromatic rings. The van der Waals surface area contributed by atoms with Crippen molar-refractivity contribution in [2.75, 3.05) is 11.9 Å². The highest BCUT2D eigenvalue weighted by molar-refractivity contribution is 9.10. The summed E-state index contributed by atoms with van der Waals surface area (Å²) in [5.74, 6) is 0.456. The predicted molar refractivity (Wildman–Crippen MR) is 144 cm³/mol. The Morgan fingerprint density at radius 2 is 1.80 bits per heavy atom. The van der Waals surface area contributed by atoms with Crippen molar-refractivity contribution in [3.05, 3.63) is 90.9 Å². The second-order valence-corrected chi connectivity index (χ2v) is 9.40. The number of anilines is 1. The maximum atomic E-state index is 12.8. The van der Waals surface area contributed by atoms with Gasteiger partial charge in [0.2, 0.25) is 0 Å². The van der Waals surface area contributed by atoms with Crippen LogP contribution in [0.2, 0.25) is 10.0 Å². The van der Waals surface area contributed by atoms with Crippen molar-refractivity contribution >= 4 is 56.8 Å². The average Bonchev–Trinajstić information content (AvgIpc) is 2.81. The Bertz CT molecular complexity index is 1330. The third-order valence-electron chi connectivity index (χ3n) is 5.19. The molecule has 5 nitrogen and oxygen atoms in total. The molecule has 0 bridgehead atoms. The number of hydrogen-bond acceptors (Lipinski definition) is 4. The van der Waals surface area contributed by atoms with Gasteiger partial charge >= 0.3 is 0 Å². The number of nitriles is 1. The molecular weight excluding hydrogens is 551 g/mol. The molecule has 0 aromatic heterocycles. The zero-order valence-corrected chi connectivity index (χ0v) is 22.5. The van der Waals surface area contributed by atoms with E-state index in [2.05, 4.69) is 21.2 Å². The fraction of sp³-hybridized carbons (Fsp3) is 0.185. The third-order valence-corrected chi connectivity index (χ3v) is 6.46. The van der Waals surface area contributed by atoms with Gasteiger partial charge in [-0.25, -0.2) is 0 Å². The van der Waals surface area contributed by atoms with E-state index in [0.29, 0.717) is 43.9 Å². The summed E-state index contributed by atoms with van der Waals surface area (Å²) in [5.41, 5.74) is 4.10. The summed E-state index contributed by atoms with van der Waals surface area (Å²) >= 11 is 15.7. The molecule has 1 amide bonds. The molecule has 8 heteroatoms. The van der Waals surface area contributed by atoms with Crippen LogP contribution >= 0.6 is 39.1 Å². The fourth-order valence-corrected chi connectivity index (χ4v) is 4.06. The number of amides is 1. The molecular formula is C27H23BrCl2N2O3. The molecule has 0 aliphatic carbocycles. The number of rotatable bonds is 8. The number of carbonyl (C=O) groups excluding carboxylic acids is 1. The van der Waals surface area contributed by atoms with Crippen LogP contribution in [0.1, 0.15) is 29.2 Å². The van der Waals surface area contributed by atoms with Crippen LogP contribution in [-0.2, 0) is 11.4 Å². The van der Waals surface area contributed by atoms with E-state index >= 15 is 0 Å². The summed E-state index contributed by atoms with van der Waals surface area (Å²) in [4.78, 5) is 12.8. The first-order chi connectivity index (χ1) is 16.7. The minimum Gasteiger partial charge on any atom is -0.490 e. The van der Waals surface area contributed by atoms with Crippen LogP contribution in [0.5, 0.6) is 11.5 Å². The Labute approximate surface area is 223 Å². The van der Waals surface area contributed by atoms with Crippen LogP contribution in [0, 0.1) is 25.2 Å². The van der Waals surface area contributed by atoms with Gasteiger partial charge in [0.25, 0.3) is 5.91 Å². The summed E-state index contributed by atoms with van der Waals surface area (Å²) in [6, 6.07) is 16.2. The maximum Gasteiger partial charge on any atom is 0.266 e. The minimum absolute atomic E-state index is 0.0482. The highest BCUT2D eigenvalue weighted by Crippen LogP contribution is 2.36. The SMILES string of the molecule is CCOc1cc(/C=C(\C#N)C(=O)Nc2ccc(C)c(C)c2)c(Br)cc1OCc1ccc(Cl)cc1Cl. The molecule has 0 heterocycles. The van der Waals surface area contributed by atoms with Gasteiger partial charge in [0, 0.05) is 25.8 Å². The van der Waals surface area contributed by atoms with E-state index in [1.165, 1.54) is 6.08 Å². The number of aryl methyl sites for hydroxylation is 2. The summed E-state index contributed by atoms with van der Waals surface area (Å²) in [7, 11) is 0. The van der Waals surface area contributed by atoms with Crippen LogP contribution in [-0.4, -0.2) is 12.5 Å². The zero-order chi connectivity index (χ0) is 25.5. The smallest absolute Gasteiger partial charge is 0.266 e. The molecule has 3 rings (SSSR count). The molecule has 0 unspecified atom stereocenters. The molecule has 0 aliphatic heterocycles. The van der Waals surface area contributed by atoms with Gasteiger partial charge in [0.05, 0.1) is 6.61 Å². The largest absolute Gasteiger partial charge is 0.490 e. The van der Waals surface area contributed by atoms with Gasteiger partial charge in [-0.2, -0.15) is 5.26 Å². The number of ether oxygens (including phenoxy) is 2. The lowest BCUT2D eigenvalue weighted by Gasteiger charge is -2.15. The number of halogens is 3. The summed E-state index contributed by atoms with van der Waals surface area (Å²) < 4.78 is 12.3. The van der Waals surface area contributed by atoms with Crippen molar-refractivity contribution in [2.45, 2.75) is 27.4 Å². The second kappa shape index (κ2) is 12.1. The van der Waals surface area contributed by atoms with Gasteiger partial charge in [0.1, 0.15) is 18.2 Å². The minimum atomic E-state index is -0.502. The highest BCUT2D eigenvalue weighted by Gasteiger charge is 2.15. The molecule has 0 saturated carbocycles. The summed E-state index contributed by atoms with van der Waals surface area (Å²) in [6.07, 6.45) is 1.50. The first-order valence-electron chi connectivity index (χ1n) is 10.7. The third kappa shape index (κ3) is 7.02. The average molecular weight is 574 g/mol. The lowest BCUT2D eigenvalue weighted by Crippen LogP contribution is -2.13. The second-order valence-electron chi connectivity index (χ2n) is 7.70. The van der Waals surface area contributed by atoms with Gasteiger partial charge in [-0.05, 0) is 79.9 Å². The van der Waals surface area contributed by atoms with Gasteiger partial charge in [-0.3, -0.25) is 4.79 Å². The molecule has 35 heavy (non-hydrogen) atoms. The number of hydrogen-bond donors (Lipinski definition) is 1. The Kier molecular flexibility index (Phi) is 9.22. The first-order valence-corrected chi connectivity index (χ1v) is 12.3. The Hall–Kier alpha value is -2.98. The van der Waals surface area contributed by atoms with E-state index in [4.69, 9.17) is 32.7 Å². The van der Waals surface area contributed by atoms with Crippen molar-refractivity contribution in [2.24, 2.45) is 0 Å². The molecule has 0 saturated heterocycles. The predicted octanol–water partition coefficient (Wildman–Crippen LogP) is 7.90. The zero-order valence-electron chi connectivity index (χ0n) is 19.4.